The van der Waals surface area contributed by atoms with Gasteiger partial charge in [0.05, 0.1) is 30.0 Å². The Morgan fingerprint density at radius 3 is 2.80 bits per heavy atom. The zero-order valence-corrected chi connectivity index (χ0v) is 12.2. The van der Waals surface area contributed by atoms with Crippen LogP contribution in [-0.4, -0.2) is 30.5 Å². The molecule has 20 heavy (non-hydrogen) atoms. The van der Waals surface area contributed by atoms with E-state index in [1.165, 1.54) is 18.9 Å². The van der Waals surface area contributed by atoms with Crippen molar-refractivity contribution in [3.8, 4) is 6.07 Å². The van der Waals surface area contributed by atoms with Crippen LogP contribution < -0.4 is 5.32 Å². The third kappa shape index (κ3) is 4.94. The lowest BCUT2D eigenvalue weighted by atomic mass is 10.2. The molecule has 1 atom stereocenters. The van der Waals surface area contributed by atoms with Gasteiger partial charge >= 0.3 is 5.97 Å². The molecule has 1 aromatic rings. The molecule has 0 radical (unpaired) electrons. The first-order valence-electron chi connectivity index (χ1n) is 6.03. The van der Waals surface area contributed by atoms with E-state index in [2.05, 4.69) is 10.1 Å². The maximum Gasteiger partial charge on any atom is 0.309 e. The number of rotatable bonds is 6. The van der Waals surface area contributed by atoms with Crippen molar-refractivity contribution in [2.24, 2.45) is 5.92 Å². The van der Waals surface area contributed by atoms with E-state index in [1.54, 1.807) is 31.2 Å². The SMILES string of the molecule is COC(=O)C(C)CSCC(=O)Nc1ccccc1C#N. The zero-order valence-electron chi connectivity index (χ0n) is 11.4. The van der Waals surface area contributed by atoms with Gasteiger partial charge in [-0.1, -0.05) is 19.1 Å². The third-order valence-electron chi connectivity index (χ3n) is 2.53. The van der Waals surface area contributed by atoms with Crippen LogP contribution in [0.4, 0.5) is 5.69 Å². The fourth-order valence-electron chi connectivity index (χ4n) is 1.47. The Balaban J connectivity index is 2.41. The number of thioether (sulfide) groups is 1. The molecule has 0 bridgehead atoms. The molecular formula is C14H16N2O3S. The summed E-state index contributed by atoms with van der Waals surface area (Å²) in [7, 11) is 1.34. The van der Waals surface area contributed by atoms with Crippen LogP contribution in [0.5, 0.6) is 0 Å². The number of anilines is 1. The second kappa shape index (κ2) is 8.23. The highest BCUT2D eigenvalue weighted by atomic mass is 32.2. The minimum atomic E-state index is -0.285. The largest absolute Gasteiger partial charge is 0.469 e. The topological polar surface area (TPSA) is 79.2 Å². The molecule has 1 unspecified atom stereocenters. The molecule has 0 aliphatic carbocycles. The van der Waals surface area contributed by atoms with Crippen molar-refractivity contribution in [2.75, 3.05) is 23.9 Å². The summed E-state index contributed by atoms with van der Waals surface area (Å²) >= 11 is 1.35. The Morgan fingerprint density at radius 1 is 1.45 bits per heavy atom. The molecule has 106 valence electrons. The smallest absolute Gasteiger partial charge is 0.309 e. The molecule has 5 nitrogen and oxygen atoms in total. The van der Waals surface area contributed by atoms with Crippen LogP contribution in [-0.2, 0) is 14.3 Å². The minimum Gasteiger partial charge on any atom is -0.469 e. The molecule has 0 aliphatic rings. The molecule has 1 amide bonds. The van der Waals surface area contributed by atoms with Crippen molar-refractivity contribution in [3.05, 3.63) is 29.8 Å². The number of esters is 1. The number of nitriles is 1. The molecule has 0 heterocycles. The highest BCUT2D eigenvalue weighted by Crippen LogP contribution is 2.15. The van der Waals surface area contributed by atoms with Crippen molar-refractivity contribution >= 4 is 29.3 Å². The first-order chi connectivity index (χ1) is 9.58. The minimum absolute atomic E-state index is 0.199. The van der Waals surface area contributed by atoms with Crippen molar-refractivity contribution in [2.45, 2.75) is 6.92 Å². The van der Waals surface area contributed by atoms with Crippen LogP contribution in [0, 0.1) is 17.2 Å². The molecule has 1 rings (SSSR count). The van der Waals surface area contributed by atoms with Gasteiger partial charge in [-0.3, -0.25) is 9.59 Å². The van der Waals surface area contributed by atoms with E-state index >= 15 is 0 Å². The number of ether oxygens (including phenoxy) is 1. The summed E-state index contributed by atoms with van der Waals surface area (Å²) in [5.74, 6) is 0.00728. The van der Waals surface area contributed by atoms with E-state index in [9.17, 15) is 9.59 Å². The van der Waals surface area contributed by atoms with Gasteiger partial charge in [-0.05, 0) is 12.1 Å². The Hall–Kier alpha value is -2.00. The predicted octanol–water partition coefficient (Wildman–Crippen LogP) is 2.04. The highest BCUT2D eigenvalue weighted by Gasteiger charge is 2.14. The second-order valence-corrected chi connectivity index (χ2v) is 5.18. The third-order valence-corrected chi connectivity index (χ3v) is 3.73. The van der Waals surface area contributed by atoms with Crippen LogP contribution in [0.1, 0.15) is 12.5 Å². The van der Waals surface area contributed by atoms with E-state index < -0.39 is 0 Å². The van der Waals surface area contributed by atoms with Gasteiger partial charge in [-0.25, -0.2) is 0 Å². The molecular weight excluding hydrogens is 276 g/mol. The fraction of sp³-hybridized carbons (Fsp3) is 0.357. The molecule has 0 fully saturated rings. The van der Waals surface area contributed by atoms with Gasteiger partial charge in [0, 0.05) is 5.75 Å². The number of nitrogens with one attached hydrogen (secondary N) is 1. The van der Waals surface area contributed by atoms with Crippen LogP contribution in [0.3, 0.4) is 0 Å². The van der Waals surface area contributed by atoms with Crippen molar-refractivity contribution < 1.29 is 14.3 Å². The highest BCUT2D eigenvalue weighted by molar-refractivity contribution is 8.00. The second-order valence-electron chi connectivity index (χ2n) is 4.14. The monoisotopic (exact) mass is 292 g/mol. The molecule has 1 aromatic carbocycles. The van der Waals surface area contributed by atoms with Gasteiger partial charge in [-0.15, -0.1) is 0 Å². The molecule has 0 aliphatic heterocycles. The molecule has 0 aromatic heterocycles. The quantitative estimate of drug-likeness (QED) is 0.812. The predicted molar refractivity (Wildman–Crippen MR) is 78.3 cm³/mol. The summed E-state index contributed by atoms with van der Waals surface area (Å²) in [5.41, 5.74) is 0.926. The van der Waals surface area contributed by atoms with Gasteiger partial charge in [0.2, 0.25) is 5.91 Å². The summed E-state index contributed by atoms with van der Waals surface area (Å²) in [4.78, 5) is 22.9. The Labute approximate surface area is 122 Å². The van der Waals surface area contributed by atoms with Crippen LogP contribution >= 0.6 is 11.8 Å². The number of para-hydroxylation sites is 1. The lowest BCUT2D eigenvalue weighted by molar-refractivity contribution is -0.144. The Bertz CT molecular complexity index is 525. The van der Waals surface area contributed by atoms with E-state index in [4.69, 9.17) is 5.26 Å². The summed E-state index contributed by atoms with van der Waals surface area (Å²) in [6, 6.07) is 8.82. The molecule has 0 saturated heterocycles. The molecule has 1 N–H and O–H groups in total. The van der Waals surface area contributed by atoms with Gasteiger partial charge in [0.15, 0.2) is 0 Å². The first kappa shape index (κ1) is 16.1. The number of carbonyl (C=O) groups excluding carboxylic acids is 2. The lowest BCUT2D eigenvalue weighted by Crippen LogP contribution is -2.18. The van der Waals surface area contributed by atoms with Crippen LogP contribution in [0.2, 0.25) is 0 Å². The molecule has 0 saturated carbocycles. The van der Waals surface area contributed by atoms with Crippen molar-refractivity contribution in [3.63, 3.8) is 0 Å². The van der Waals surface area contributed by atoms with Gasteiger partial charge in [0.25, 0.3) is 0 Å². The fourth-order valence-corrected chi connectivity index (χ4v) is 2.34. The summed E-state index contributed by atoms with van der Waals surface area (Å²) in [5, 5.41) is 11.6. The van der Waals surface area contributed by atoms with Gasteiger partial charge < -0.3 is 10.1 Å². The van der Waals surface area contributed by atoms with E-state index in [0.29, 0.717) is 17.0 Å². The molecule has 0 spiro atoms. The number of hydrogen-bond donors (Lipinski definition) is 1. The maximum atomic E-state index is 11.7. The Morgan fingerprint density at radius 2 is 2.15 bits per heavy atom. The number of amides is 1. The lowest BCUT2D eigenvalue weighted by Gasteiger charge is -2.09. The van der Waals surface area contributed by atoms with Gasteiger partial charge in [-0.2, -0.15) is 17.0 Å². The summed E-state index contributed by atoms with van der Waals surface area (Å²) < 4.78 is 4.61. The van der Waals surface area contributed by atoms with Gasteiger partial charge in [0.1, 0.15) is 6.07 Å². The first-order valence-corrected chi connectivity index (χ1v) is 7.18. The van der Waals surface area contributed by atoms with Crippen molar-refractivity contribution in [1.29, 1.82) is 5.26 Å². The number of benzene rings is 1. The normalized spacial score (nSPS) is 11.2. The summed E-state index contributed by atoms with van der Waals surface area (Å²) in [6.45, 7) is 1.75. The van der Waals surface area contributed by atoms with E-state index in [0.717, 1.165) is 0 Å². The Kier molecular flexibility index (Phi) is 6.60. The average molecular weight is 292 g/mol. The number of methoxy groups -OCH3 is 1. The summed E-state index contributed by atoms with van der Waals surface area (Å²) in [6.07, 6.45) is 0. The van der Waals surface area contributed by atoms with Crippen molar-refractivity contribution in [1.82, 2.24) is 0 Å². The maximum absolute atomic E-state index is 11.7. The van der Waals surface area contributed by atoms with E-state index in [-0.39, 0.29) is 23.5 Å². The molecule has 6 heteroatoms. The van der Waals surface area contributed by atoms with E-state index in [1.807, 2.05) is 6.07 Å². The average Bonchev–Trinajstić information content (AvgIpc) is 2.46. The standard InChI is InChI=1S/C14H16N2O3S/c1-10(14(18)19-2)8-20-9-13(17)16-12-6-4-3-5-11(12)7-15/h3-6,10H,8-9H2,1-2H3,(H,16,17). The number of carbonyl (C=O) groups is 2. The number of hydrogen-bond acceptors (Lipinski definition) is 5. The zero-order chi connectivity index (χ0) is 15.0. The van der Waals surface area contributed by atoms with Crippen LogP contribution in [0.25, 0.3) is 0 Å². The van der Waals surface area contributed by atoms with Crippen LogP contribution in [0.15, 0.2) is 24.3 Å². The number of nitrogens with zero attached hydrogens (tertiary/aromatic N) is 1.